The van der Waals surface area contributed by atoms with Gasteiger partial charge in [0.15, 0.2) is 0 Å². The maximum atomic E-state index is 12.5. The molecule has 1 aromatic heterocycles. The van der Waals surface area contributed by atoms with E-state index in [1.807, 2.05) is 17.0 Å². The zero-order chi connectivity index (χ0) is 17.1. The first-order valence-electron chi connectivity index (χ1n) is 7.93. The van der Waals surface area contributed by atoms with Crippen molar-refractivity contribution in [1.29, 1.82) is 0 Å². The quantitative estimate of drug-likeness (QED) is 0.922. The second-order valence-corrected chi connectivity index (χ2v) is 6.08. The molecule has 7 heteroatoms. The smallest absolute Gasteiger partial charge is 0.335 e. The van der Waals surface area contributed by atoms with Crippen molar-refractivity contribution in [1.82, 2.24) is 15.2 Å². The summed E-state index contributed by atoms with van der Waals surface area (Å²) in [5, 5.41) is 16.4. The van der Waals surface area contributed by atoms with Gasteiger partial charge in [-0.15, -0.1) is 0 Å². The van der Waals surface area contributed by atoms with Crippen LogP contribution in [0.4, 0.5) is 0 Å². The van der Waals surface area contributed by atoms with Gasteiger partial charge in [-0.25, -0.2) is 9.42 Å². The van der Waals surface area contributed by atoms with Crippen molar-refractivity contribution in [3.05, 3.63) is 46.8 Å². The Morgan fingerprint density at radius 1 is 1.29 bits per heavy atom. The number of likely N-dealkylation sites (tertiary alicyclic amines) is 1. The minimum absolute atomic E-state index is 0.0145. The summed E-state index contributed by atoms with van der Waals surface area (Å²) in [4.78, 5) is 25.3. The van der Waals surface area contributed by atoms with Gasteiger partial charge >= 0.3 is 5.97 Å². The minimum Gasteiger partial charge on any atom is -0.478 e. The minimum atomic E-state index is -0.932. The second-order valence-electron chi connectivity index (χ2n) is 6.08. The highest BCUT2D eigenvalue weighted by Gasteiger charge is 2.26. The number of piperidine rings is 1. The standard InChI is InChI=1S/C17H19N3O4/c1-11-15(19-24-18-11)9-16(21)20-8-2-3-14(10-20)12-4-6-13(7-5-12)17(22)23/h4-7,14H,2-3,8-10H2,1H3,(H,22,23)/t14-/m0/s1. The molecule has 3 rings (SSSR count). The van der Waals surface area contributed by atoms with Crippen LogP contribution in [0.1, 0.15) is 46.1 Å². The molecule has 1 saturated heterocycles. The lowest BCUT2D eigenvalue weighted by atomic mass is 9.90. The monoisotopic (exact) mass is 329 g/mol. The van der Waals surface area contributed by atoms with Crippen LogP contribution in [0.3, 0.4) is 0 Å². The maximum Gasteiger partial charge on any atom is 0.335 e. The van der Waals surface area contributed by atoms with Gasteiger partial charge in [0, 0.05) is 19.0 Å². The summed E-state index contributed by atoms with van der Waals surface area (Å²) in [6, 6.07) is 6.91. The van der Waals surface area contributed by atoms with Gasteiger partial charge in [-0.05, 0) is 37.5 Å². The molecule has 1 N–H and O–H groups in total. The third-order valence-electron chi connectivity index (χ3n) is 4.47. The number of aryl methyl sites for hydroxylation is 1. The number of amides is 1. The van der Waals surface area contributed by atoms with Gasteiger partial charge in [0.25, 0.3) is 0 Å². The van der Waals surface area contributed by atoms with E-state index in [-0.39, 0.29) is 23.8 Å². The van der Waals surface area contributed by atoms with Crippen LogP contribution in [0.5, 0.6) is 0 Å². The Kier molecular flexibility index (Phi) is 4.59. The number of carboxylic acids is 1. The molecule has 1 aliphatic heterocycles. The number of nitrogens with zero attached hydrogens (tertiary/aromatic N) is 3. The van der Waals surface area contributed by atoms with E-state index in [1.165, 1.54) is 0 Å². The fourth-order valence-corrected chi connectivity index (χ4v) is 3.04. The summed E-state index contributed by atoms with van der Waals surface area (Å²) < 4.78 is 4.64. The van der Waals surface area contributed by atoms with Gasteiger partial charge < -0.3 is 10.0 Å². The molecule has 2 aromatic rings. The molecular weight excluding hydrogens is 310 g/mol. The first-order valence-corrected chi connectivity index (χ1v) is 7.93. The Morgan fingerprint density at radius 2 is 2.04 bits per heavy atom. The summed E-state index contributed by atoms with van der Waals surface area (Å²) >= 11 is 0. The number of hydrogen-bond donors (Lipinski definition) is 1. The van der Waals surface area contributed by atoms with Crippen molar-refractivity contribution in [2.45, 2.75) is 32.1 Å². The van der Waals surface area contributed by atoms with E-state index in [4.69, 9.17) is 5.11 Å². The molecular formula is C17H19N3O4. The zero-order valence-corrected chi connectivity index (χ0v) is 13.4. The van der Waals surface area contributed by atoms with Crippen LogP contribution >= 0.6 is 0 Å². The Labute approximate surface area is 139 Å². The number of carbonyl (C=O) groups is 2. The summed E-state index contributed by atoms with van der Waals surface area (Å²) in [6.45, 7) is 3.13. The van der Waals surface area contributed by atoms with Crippen LogP contribution < -0.4 is 0 Å². The van der Waals surface area contributed by atoms with Crippen molar-refractivity contribution < 1.29 is 19.3 Å². The molecule has 0 bridgehead atoms. The number of carbonyl (C=O) groups excluding carboxylic acids is 1. The van der Waals surface area contributed by atoms with Crippen molar-refractivity contribution in [2.75, 3.05) is 13.1 Å². The lowest BCUT2D eigenvalue weighted by Gasteiger charge is -2.33. The van der Waals surface area contributed by atoms with Crippen molar-refractivity contribution in [3.63, 3.8) is 0 Å². The third-order valence-corrected chi connectivity index (χ3v) is 4.47. The summed E-state index contributed by atoms with van der Waals surface area (Å²) in [7, 11) is 0. The van der Waals surface area contributed by atoms with E-state index in [0.717, 1.165) is 24.9 Å². The van der Waals surface area contributed by atoms with E-state index in [0.29, 0.717) is 17.9 Å². The lowest BCUT2D eigenvalue weighted by molar-refractivity contribution is -0.131. The van der Waals surface area contributed by atoms with Crippen LogP contribution in [0.25, 0.3) is 0 Å². The molecule has 0 unspecified atom stereocenters. The fourth-order valence-electron chi connectivity index (χ4n) is 3.04. The Balaban J connectivity index is 1.66. The molecule has 1 aliphatic rings. The predicted octanol–water partition coefficient (Wildman–Crippen LogP) is 2.02. The first-order chi connectivity index (χ1) is 11.5. The molecule has 1 aromatic carbocycles. The molecule has 0 radical (unpaired) electrons. The topological polar surface area (TPSA) is 96.5 Å². The number of aromatic nitrogens is 2. The SMILES string of the molecule is Cc1nonc1CC(=O)N1CCC[C@H](c2ccc(C(=O)O)cc2)C1. The molecule has 7 nitrogen and oxygen atoms in total. The lowest BCUT2D eigenvalue weighted by Crippen LogP contribution is -2.40. The average molecular weight is 329 g/mol. The van der Waals surface area contributed by atoms with E-state index in [2.05, 4.69) is 14.9 Å². The van der Waals surface area contributed by atoms with Gasteiger partial charge in [-0.1, -0.05) is 22.4 Å². The van der Waals surface area contributed by atoms with Crippen LogP contribution in [0, 0.1) is 6.92 Å². The molecule has 0 aliphatic carbocycles. The van der Waals surface area contributed by atoms with Crippen LogP contribution in [0.2, 0.25) is 0 Å². The highest BCUT2D eigenvalue weighted by atomic mass is 16.6. The van der Waals surface area contributed by atoms with Gasteiger partial charge in [-0.2, -0.15) is 0 Å². The van der Waals surface area contributed by atoms with Crippen LogP contribution in [-0.2, 0) is 11.2 Å². The summed E-state index contributed by atoms with van der Waals surface area (Å²) in [5.41, 5.74) is 2.56. The van der Waals surface area contributed by atoms with E-state index >= 15 is 0 Å². The molecule has 1 atom stereocenters. The molecule has 2 heterocycles. The van der Waals surface area contributed by atoms with Gasteiger partial charge in [0.2, 0.25) is 5.91 Å². The molecule has 1 amide bonds. The van der Waals surface area contributed by atoms with Crippen molar-refractivity contribution in [2.24, 2.45) is 0 Å². The summed E-state index contributed by atoms with van der Waals surface area (Å²) in [6.07, 6.45) is 2.11. The van der Waals surface area contributed by atoms with Crippen LogP contribution in [-0.4, -0.2) is 45.3 Å². The van der Waals surface area contributed by atoms with Crippen LogP contribution in [0.15, 0.2) is 28.9 Å². The molecule has 1 fully saturated rings. The number of rotatable bonds is 4. The highest BCUT2D eigenvalue weighted by molar-refractivity contribution is 5.87. The fraction of sp³-hybridized carbons (Fsp3) is 0.412. The van der Waals surface area contributed by atoms with E-state index in [1.54, 1.807) is 19.1 Å². The molecule has 24 heavy (non-hydrogen) atoms. The normalized spacial score (nSPS) is 17.7. The second kappa shape index (κ2) is 6.82. The number of aromatic carboxylic acids is 1. The molecule has 0 spiro atoms. The maximum absolute atomic E-state index is 12.5. The van der Waals surface area contributed by atoms with E-state index in [9.17, 15) is 9.59 Å². The first kappa shape index (κ1) is 16.2. The largest absolute Gasteiger partial charge is 0.478 e. The Morgan fingerprint density at radius 3 is 2.67 bits per heavy atom. The van der Waals surface area contributed by atoms with Gasteiger partial charge in [0.05, 0.1) is 12.0 Å². The number of hydrogen-bond acceptors (Lipinski definition) is 5. The van der Waals surface area contributed by atoms with Crippen molar-refractivity contribution >= 4 is 11.9 Å². The zero-order valence-electron chi connectivity index (χ0n) is 13.4. The summed E-state index contributed by atoms with van der Waals surface area (Å²) in [5.74, 6) is -0.693. The van der Waals surface area contributed by atoms with E-state index < -0.39 is 5.97 Å². The molecule has 0 saturated carbocycles. The Bertz CT molecular complexity index is 739. The number of carboxylic acid groups (broad SMARTS) is 1. The third kappa shape index (κ3) is 3.45. The van der Waals surface area contributed by atoms with Crippen molar-refractivity contribution in [3.8, 4) is 0 Å². The van der Waals surface area contributed by atoms with Gasteiger partial charge in [0.1, 0.15) is 11.4 Å². The average Bonchev–Trinajstić information content (AvgIpc) is 3.00. The number of benzene rings is 1. The highest BCUT2D eigenvalue weighted by Crippen LogP contribution is 2.27. The van der Waals surface area contributed by atoms with Gasteiger partial charge in [-0.3, -0.25) is 4.79 Å². The molecule has 126 valence electrons. The predicted molar refractivity (Wildman–Crippen MR) is 84.7 cm³/mol. The Hall–Kier alpha value is -2.70.